The normalized spacial score (nSPS) is 21.4. The van der Waals surface area contributed by atoms with E-state index in [0.717, 1.165) is 12.1 Å². The fourth-order valence-electron chi connectivity index (χ4n) is 7.13. The van der Waals surface area contributed by atoms with Crippen LogP contribution in [0.15, 0.2) is 79.3 Å². The molecule has 4 aromatic heterocycles. The van der Waals surface area contributed by atoms with E-state index in [9.17, 15) is 34.0 Å². The summed E-state index contributed by atoms with van der Waals surface area (Å²) >= 11 is 0. The summed E-state index contributed by atoms with van der Waals surface area (Å²) in [7, 11) is 0.839. The molecule has 0 saturated carbocycles. The summed E-state index contributed by atoms with van der Waals surface area (Å²) in [5.74, 6) is -7.90. The molecule has 4 N–H and O–H groups in total. The fraction of sp³-hybridized carbons (Fsp3) is 0.366. The van der Waals surface area contributed by atoms with E-state index < -0.39 is 105 Å². The highest BCUT2D eigenvalue weighted by molar-refractivity contribution is 7.48. The molecule has 2 fully saturated rings. The highest BCUT2D eigenvalue weighted by Crippen LogP contribution is 2.57. The summed E-state index contributed by atoms with van der Waals surface area (Å²) in [5, 5.41) is 26.4. The smallest absolute Gasteiger partial charge is 0.479 e. The van der Waals surface area contributed by atoms with Gasteiger partial charge in [-0.15, -0.1) is 0 Å². The van der Waals surface area contributed by atoms with Crippen LogP contribution in [0.5, 0.6) is 23.0 Å². The molecule has 31 heteroatoms. The van der Waals surface area contributed by atoms with Gasteiger partial charge in [-0.25, -0.2) is 23.7 Å². The molecule has 6 heterocycles. The summed E-state index contributed by atoms with van der Waals surface area (Å²) in [5.41, 5.74) is -2.30. The van der Waals surface area contributed by atoms with E-state index in [1.165, 1.54) is 28.4 Å². The fourth-order valence-corrected chi connectivity index (χ4v) is 8.19. The van der Waals surface area contributed by atoms with Gasteiger partial charge in [-0.3, -0.25) is 33.3 Å². The molecule has 0 aliphatic carbocycles. The molecule has 0 bridgehead atoms. The van der Waals surface area contributed by atoms with E-state index in [1.807, 2.05) is 0 Å². The van der Waals surface area contributed by atoms with Gasteiger partial charge in [0.25, 0.3) is 0 Å². The average molecular weight is 1040 g/mol. The molecule has 2 aliphatic heterocycles. The van der Waals surface area contributed by atoms with Crippen molar-refractivity contribution >= 4 is 53.6 Å². The first-order chi connectivity index (χ1) is 34.2. The van der Waals surface area contributed by atoms with Crippen molar-refractivity contribution in [2.24, 2.45) is 0 Å². The van der Waals surface area contributed by atoms with E-state index in [2.05, 4.69) is 25.1 Å². The van der Waals surface area contributed by atoms with Crippen LogP contribution in [0.2, 0.25) is 0 Å². The van der Waals surface area contributed by atoms with Crippen LogP contribution in [0, 0.1) is 0 Å². The van der Waals surface area contributed by atoms with Gasteiger partial charge in [0.2, 0.25) is 25.0 Å². The molecular weight excluding hydrogens is 1000 g/mol. The molecular formula is C41H39F4N6O20P. The number of phosphoric ester groups is 1. The molecule has 2 aliphatic rings. The molecule has 6 atom stereocenters. The van der Waals surface area contributed by atoms with Crippen molar-refractivity contribution in [3.63, 3.8) is 0 Å². The van der Waals surface area contributed by atoms with Crippen molar-refractivity contribution in [3.8, 4) is 23.0 Å². The minimum Gasteiger partial charge on any atom is -0.497 e. The van der Waals surface area contributed by atoms with Crippen LogP contribution in [0.1, 0.15) is 24.0 Å². The molecule has 2 amide bonds. The number of furan rings is 2. The van der Waals surface area contributed by atoms with Crippen molar-refractivity contribution in [1.29, 1.82) is 0 Å². The Kier molecular flexibility index (Phi) is 14.2. The van der Waals surface area contributed by atoms with Crippen molar-refractivity contribution < 1.29 is 102 Å². The van der Waals surface area contributed by atoms with Crippen LogP contribution >= 0.6 is 7.82 Å². The number of hydrogen-bond acceptors (Lipinski definition) is 22. The molecule has 2 aromatic carbocycles. The number of benzene rings is 2. The van der Waals surface area contributed by atoms with E-state index in [1.54, 1.807) is 36.4 Å². The summed E-state index contributed by atoms with van der Waals surface area (Å²) in [6, 6.07) is 11.3. The number of aromatic nitrogens is 4. The Morgan fingerprint density at radius 3 is 1.42 bits per heavy atom. The number of alkyl halides is 4. The number of hydrogen-bond donors (Lipinski definition) is 4. The summed E-state index contributed by atoms with van der Waals surface area (Å²) in [6.07, 6.45) is -18.0. The van der Waals surface area contributed by atoms with Gasteiger partial charge in [0, 0.05) is 42.4 Å². The SMILES string of the molecule is COc1cc(OC)c2oc(COC(=O)Nc3ccn([C@@H]4O[C@H](OP(=O)(OC)O[C@H]5O[C@@H](n6ccc(NC(=O)OCc7cc8cc(OC)cc(OC)c8o7)nc6=O)C(F)(F)[C@@H]5O)[C@@H](O)C4(F)F)c(=O)n3)cc2c1. The van der Waals surface area contributed by atoms with Crippen LogP contribution in [0.4, 0.5) is 38.8 Å². The summed E-state index contributed by atoms with van der Waals surface area (Å²) in [4.78, 5) is 58.0. The Labute approximate surface area is 399 Å². The third kappa shape index (κ3) is 10.1. The minimum atomic E-state index is -5.49. The number of aliphatic hydroxyl groups excluding tert-OH is 2. The molecule has 8 rings (SSSR count). The molecule has 72 heavy (non-hydrogen) atoms. The number of methoxy groups -OCH3 is 4. The van der Waals surface area contributed by atoms with E-state index >= 15 is 17.6 Å². The Bertz CT molecular complexity index is 2980. The quantitative estimate of drug-likeness (QED) is 0.0689. The largest absolute Gasteiger partial charge is 0.497 e. The maximum atomic E-state index is 15.5. The van der Waals surface area contributed by atoms with Crippen molar-refractivity contribution in [1.82, 2.24) is 19.1 Å². The number of phosphoric acid groups is 1. The van der Waals surface area contributed by atoms with Gasteiger partial charge in [-0.2, -0.15) is 27.5 Å². The maximum absolute atomic E-state index is 15.5. The number of carbonyl (C=O) groups is 2. The third-order valence-electron chi connectivity index (χ3n) is 10.6. The van der Waals surface area contributed by atoms with Gasteiger partial charge in [0.1, 0.15) is 34.7 Å². The molecule has 386 valence electrons. The first-order valence-electron chi connectivity index (χ1n) is 20.5. The first kappa shape index (κ1) is 51.1. The standard InChI is InChI=1S/C41H39F4N6O20P/c1-59-20-10-18-12-22(66-28(18)24(14-20)61-3)16-64-38(56)48-26-6-8-50(36(54)46-26)34-40(42,43)30(52)32(68-34)70-72(58,63-5)71-33-31(53)41(44,45)35(69-33)51-9-7-27(47-37(51)55)49-39(57)65-17-23-13-19-11-21(60-2)15-25(62-4)29(19)67-23/h6-15,30-35,52-53H,16-17H2,1-5H3,(H,46,48,54,56)(H,47,49,55,57)/t30-,31-,32-,33-,34-,35-/m1/s1. The topological polar surface area (TPSA) is 313 Å². The molecule has 26 nitrogen and oxygen atoms in total. The molecule has 0 radical (unpaired) electrons. The Morgan fingerprint density at radius 2 is 1.07 bits per heavy atom. The van der Waals surface area contributed by atoms with Crippen molar-refractivity contribution in [2.75, 3.05) is 46.2 Å². The number of nitrogens with zero attached hydrogens (tertiary/aromatic N) is 4. The number of halogens is 4. The molecule has 2 saturated heterocycles. The van der Waals surface area contributed by atoms with Crippen LogP contribution in [0.3, 0.4) is 0 Å². The number of anilines is 2. The summed E-state index contributed by atoms with van der Waals surface area (Å²) in [6.45, 7) is -0.831. The predicted molar refractivity (Wildman–Crippen MR) is 230 cm³/mol. The lowest BCUT2D eigenvalue weighted by atomic mass is 10.2. The number of nitrogens with one attached hydrogen (secondary N) is 2. The van der Waals surface area contributed by atoms with Crippen LogP contribution < -0.4 is 41.0 Å². The van der Waals surface area contributed by atoms with Crippen molar-refractivity contribution in [3.05, 3.63) is 93.4 Å². The van der Waals surface area contributed by atoms with Gasteiger partial charge >= 0.3 is 43.2 Å². The van der Waals surface area contributed by atoms with E-state index in [-0.39, 0.29) is 20.7 Å². The first-order valence-corrected chi connectivity index (χ1v) is 22.0. The van der Waals surface area contributed by atoms with E-state index in [4.69, 9.17) is 55.8 Å². The zero-order valence-electron chi connectivity index (χ0n) is 37.6. The van der Waals surface area contributed by atoms with Crippen molar-refractivity contribution in [2.45, 2.75) is 62.3 Å². The predicted octanol–water partition coefficient (Wildman–Crippen LogP) is 5.01. The number of carbonyl (C=O) groups excluding carboxylic acids is 2. The Balaban J connectivity index is 0.870. The minimum absolute atomic E-state index is 0.167. The number of rotatable bonds is 17. The van der Waals surface area contributed by atoms with Gasteiger partial charge in [-0.05, 0) is 36.4 Å². The third-order valence-corrected chi connectivity index (χ3v) is 12.0. The number of ether oxygens (including phenoxy) is 8. The Morgan fingerprint density at radius 1 is 0.667 bits per heavy atom. The average Bonchev–Trinajstić information content (AvgIpc) is 4.08. The highest BCUT2D eigenvalue weighted by atomic mass is 31.2. The molecule has 0 spiro atoms. The maximum Gasteiger partial charge on any atom is 0.479 e. The monoisotopic (exact) mass is 1040 g/mol. The van der Waals surface area contributed by atoms with Gasteiger partial charge in [0.15, 0.2) is 48.1 Å². The second-order valence-corrected chi connectivity index (χ2v) is 16.8. The molecule has 6 aromatic rings. The van der Waals surface area contributed by atoms with Gasteiger partial charge in [0.05, 0.1) is 28.4 Å². The van der Waals surface area contributed by atoms with Crippen LogP contribution in [0.25, 0.3) is 21.9 Å². The zero-order chi connectivity index (χ0) is 51.9. The number of aliphatic hydroxyl groups is 2. The second kappa shape index (κ2) is 20.1. The van der Waals surface area contributed by atoms with Crippen LogP contribution in [-0.2, 0) is 50.3 Å². The lowest BCUT2D eigenvalue weighted by Gasteiger charge is -2.24. The van der Waals surface area contributed by atoms with Crippen LogP contribution in [-0.4, -0.2) is 114 Å². The molecule has 0 unspecified atom stereocenters. The lowest BCUT2D eigenvalue weighted by Crippen LogP contribution is -2.42. The number of amides is 2. The van der Waals surface area contributed by atoms with E-state index in [0.29, 0.717) is 64.4 Å². The van der Waals surface area contributed by atoms with Gasteiger partial charge in [-0.1, -0.05) is 0 Å². The highest BCUT2D eigenvalue weighted by Gasteiger charge is 2.64. The lowest BCUT2D eigenvalue weighted by molar-refractivity contribution is -0.169. The summed E-state index contributed by atoms with van der Waals surface area (Å²) < 4.78 is 143. The zero-order valence-corrected chi connectivity index (χ0v) is 38.5. The van der Waals surface area contributed by atoms with Gasteiger partial charge < -0.3 is 56.9 Å². The Hall–Kier alpha value is -7.31. The number of fused-ring (bicyclic) bond motifs is 2. The second-order valence-electron chi connectivity index (χ2n) is 15.1.